The molecule has 0 unspecified atom stereocenters. The molecule has 2 heterocycles. The second kappa shape index (κ2) is 5.72. The Balaban J connectivity index is 1.58. The molecule has 1 amide bonds. The van der Waals surface area contributed by atoms with Gasteiger partial charge in [-0.05, 0) is 11.1 Å². The van der Waals surface area contributed by atoms with Crippen LogP contribution >= 0.6 is 0 Å². The van der Waals surface area contributed by atoms with Gasteiger partial charge in [-0.25, -0.2) is 0 Å². The number of rotatable bonds is 3. The minimum Gasteiger partial charge on any atom is -0.379 e. The van der Waals surface area contributed by atoms with Crippen molar-refractivity contribution in [3.05, 3.63) is 35.4 Å². The van der Waals surface area contributed by atoms with Gasteiger partial charge >= 0.3 is 0 Å². The van der Waals surface area contributed by atoms with Crippen molar-refractivity contribution in [1.29, 1.82) is 0 Å². The molecule has 1 aromatic rings. The molecule has 0 spiro atoms. The van der Waals surface area contributed by atoms with Crippen molar-refractivity contribution in [3.63, 3.8) is 0 Å². The van der Waals surface area contributed by atoms with Crippen LogP contribution in [0.1, 0.15) is 11.1 Å². The maximum atomic E-state index is 12.1. The largest absolute Gasteiger partial charge is 0.379 e. The van der Waals surface area contributed by atoms with Crippen LogP contribution in [0.2, 0.25) is 0 Å². The summed E-state index contributed by atoms with van der Waals surface area (Å²) < 4.78 is 5.34. The molecule has 4 nitrogen and oxygen atoms in total. The number of carbonyl (C=O) groups excluding carboxylic acids is 1. The number of fused-ring (bicyclic) bond motifs is 1. The number of ether oxygens (including phenoxy) is 1. The summed E-state index contributed by atoms with van der Waals surface area (Å²) in [7, 11) is 0. The van der Waals surface area contributed by atoms with Gasteiger partial charge in [0.1, 0.15) is 0 Å². The fourth-order valence-corrected chi connectivity index (χ4v) is 2.74. The van der Waals surface area contributed by atoms with Gasteiger partial charge in [-0.1, -0.05) is 24.3 Å². The van der Waals surface area contributed by atoms with Gasteiger partial charge in [-0.2, -0.15) is 0 Å². The molecule has 0 bridgehead atoms. The van der Waals surface area contributed by atoms with Crippen LogP contribution < -0.4 is 0 Å². The number of carbonyl (C=O) groups is 1. The van der Waals surface area contributed by atoms with Gasteiger partial charge in [0.05, 0.1) is 19.6 Å². The van der Waals surface area contributed by atoms with Crippen molar-refractivity contribution in [2.75, 3.05) is 39.4 Å². The average Bonchev–Trinajstić information content (AvgIpc) is 2.46. The van der Waals surface area contributed by atoms with E-state index in [9.17, 15) is 4.79 Å². The third kappa shape index (κ3) is 2.96. The number of nitrogens with zero attached hydrogens (tertiary/aromatic N) is 2. The molecule has 4 heteroatoms. The number of hydrogen-bond donors (Lipinski definition) is 0. The molecule has 0 saturated carbocycles. The SMILES string of the molecule is O=C1Cc2ccccc2CN1CCN1CCOCC1. The summed E-state index contributed by atoms with van der Waals surface area (Å²) in [4.78, 5) is 16.5. The maximum Gasteiger partial charge on any atom is 0.227 e. The van der Waals surface area contributed by atoms with Crippen molar-refractivity contribution >= 4 is 5.91 Å². The smallest absolute Gasteiger partial charge is 0.227 e. The third-order valence-corrected chi connectivity index (χ3v) is 3.96. The Morgan fingerprint density at radius 2 is 1.79 bits per heavy atom. The second-order valence-corrected chi connectivity index (χ2v) is 5.21. The molecule has 0 atom stereocenters. The van der Waals surface area contributed by atoms with Crippen LogP contribution in [0.4, 0.5) is 0 Å². The zero-order valence-corrected chi connectivity index (χ0v) is 11.2. The highest BCUT2D eigenvalue weighted by Gasteiger charge is 2.23. The molecule has 0 aliphatic carbocycles. The first-order valence-electron chi connectivity index (χ1n) is 6.97. The maximum absolute atomic E-state index is 12.1. The zero-order chi connectivity index (χ0) is 13.1. The number of morpholine rings is 1. The number of hydrogen-bond acceptors (Lipinski definition) is 3. The Morgan fingerprint density at radius 3 is 2.58 bits per heavy atom. The van der Waals surface area contributed by atoms with E-state index in [1.165, 1.54) is 11.1 Å². The molecular weight excluding hydrogens is 240 g/mol. The van der Waals surface area contributed by atoms with Crippen LogP contribution in [0, 0.1) is 0 Å². The Kier molecular flexibility index (Phi) is 3.80. The fourth-order valence-electron chi connectivity index (χ4n) is 2.74. The summed E-state index contributed by atoms with van der Waals surface area (Å²) in [5, 5.41) is 0. The molecule has 1 saturated heterocycles. The molecule has 1 fully saturated rings. The fraction of sp³-hybridized carbons (Fsp3) is 0.533. The van der Waals surface area contributed by atoms with Crippen LogP contribution in [0.25, 0.3) is 0 Å². The van der Waals surface area contributed by atoms with E-state index in [0.29, 0.717) is 6.42 Å². The minimum absolute atomic E-state index is 0.256. The van der Waals surface area contributed by atoms with Gasteiger partial charge < -0.3 is 9.64 Å². The average molecular weight is 260 g/mol. The van der Waals surface area contributed by atoms with Crippen LogP contribution in [-0.2, 0) is 22.5 Å². The predicted octanol–water partition coefficient (Wildman–Crippen LogP) is 0.903. The molecule has 0 aromatic heterocycles. The number of amides is 1. The standard InChI is InChI=1S/C15H20N2O2/c18-15-11-13-3-1-2-4-14(13)12-17(15)6-5-16-7-9-19-10-8-16/h1-4H,5-12H2. The van der Waals surface area contributed by atoms with E-state index in [2.05, 4.69) is 23.1 Å². The monoisotopic (exact) mass is 260 g/mol. The van der Waals surface area contributed by atoms with Crippen LogP contribution in [0.15, 0.2) is 24.3 Å². The zero-order valence-electron chi connectivity index (χ0n) is 11.2. The highest BCUT2D eigenvalue weighted by molar-refractivity contribution is 5.80. The number of benzene rings is 1. The molecule has 2 aliphatic heterocycles. The molecule has 3 rings (SSSR count). The molecule has 19 heavy (non-hydrogen) atoms. The van der Waals surface area contributed by atoms with Gasteiger partial charge in [0.25, 0.3) is 0 Å². The third-order valence-electron chi connectivity index (χ3n) is 3.96. The lowest BCUT2D eigenvalue weighted by molar-refractivity contribution is -0.132. The Bertz CT molecular complexity index is 455. The van der Waals surface area contributed by atoms with E-state index in [0.717, 1.165) is 45.9 Å². The molecular formula is C15H20N2O2. The van der Waals surface area contributed by atoms with Gasteiger partial charge in [0.15, 0.2) is 0 Å². The Hall–Kier alpha value is -1.39. The highest BCUT2D eigenvalue weighted by atomic mass is 16.5. The lowest BCUT2D eigenvalue weighted by Crippen LogP contribution is -2.44. The van der Waals surface area contributed by atoms with Crippen LogP contribution in [-0.4, -0.2) is 55.1 Å². The van der Waals surface area contributed by atoms with Gasteiger partial charge in [-0.15, -0.1) is 0 Å². The van der Waals surface area contributed by atoms with Crippen LogP contribution in [0.3, 0.4) is 0 Å². The molecule has 2 aliphatic rings. The van der Waals surface area contributed by atoms with Crippen molar-refractivity contribution in [2.24, 2.45) is 0 Å². The first-order chi connectivity index (χ1) is 9.33. The topological polar surface area (TPSA) is 32.8 Å². The summed E-state index contributed by atoms with van der Waals surface area (Å²) in [6, 6.07) is 8.25. The van der Waals surface area contributed by atoms with Crippen molar-refractivity contribution in [3.8, 4) is 0 Å². The van der Waals surface area contributed by atoms with E-state index in [-0.39, 0.29) is 5.91 Å². The first-order valence-corrected chi connectivity index (χ1v) is 6.97. The normalized spacial score (nSPS) is 20.4. The summed E-state index contributed by atoms with van der Waals surface area (Å²) in [5.74, 6) is 0.256. The lowest BCUT2D eigenvalue weighted by atomic mass is 9.99. The summed E-state index contributed by atoms with van der Waals surface area (Å²) in [6.07, 6.45) is 0.555. The predicted molar refractivity (Wildman–Crippen MR) is 72.8 cm³/mol. The Morgan fingerprint density at radius 1 is 1.05 bits per heavy atom. The molecule has 0 radical (unpaired) electrons. The second-order valence-electron chi connectivity index (χ2n) is 5.21. The minimum atomic E-state index is 0.256. The van der Waals surface area contributed by atoms with Crippen molar-refractivity contribution in [1.82, 2.24) is 9.80 Å². The van der Waals surface area contributed by atoms with E-state index in [1.807, 2.05) is 11.0 Å². The molecule has 0 N–H and O–H groups in total. The quantitative estimate of drug-likeness (QED) is 0.809. The van der Waals surface area contributed by atoms with E-state index >= 15 is 0 Å². The summed E-state index contributed by atoms with van der Waals surface area (Å²) >= 11 is 0. The molecule has 1 aromatic carbocycles. The lowest BCUT2D eigenvalue weighted by Gasteiger charge is -2.32. The molecule has 102 valence electrons. The van der Waals surface area contributed by atoms with E-state index in [1.54, 1.807) is 0 Å². The van der Waals surface area contributed by atoms with Gasteiger partial charge in [0.2, 0.25) is 5.91 Å². The summed E-state index contributed by atoms with van der Waals surface area (Å²) in [6.45, 7) is 6.15. The van der Waals surface area contributed by atoms with E-state index < -0.39 is 0 Å². The Labute approximate surface area is 113 Å². The first kappa shape index (κ1) is 12.6. The highest BCUT2D eigenvalue weighted by Crippen LogP contribution is 2.19. The van der Waals surface area contributed by atoms with Crippen molar-refractivity contribution in [2.45, 2.75) is 13.0 Å². The van der Waals surface area contributed by atoms with Gasteiger partial charge in [-0.3, -0.25) is 9.69 Å². The van der Waals surface area contributed by atoms with Gasteiger partial charge in [0, 0.05) is 32.7 Å². The van der Waals surface area contributed by atoms with E-state index in [4.69, 9.17) is 4.74 Å². The van der Waals surface area contributed by atoms with Crippen LogP contribution in [0.5, 0.6) is 0 Å². The van der Waals surface area contributed by atoms with Crippen molar-refractivity contribution < 1.29 is 9.53 Å². The summed E-state index contributed by atoms with van der Waals surface area (Å²) in [5.41, 5.74) is 2.49.